The predicted molar refractivity (Wildman–Crippen MR) is 85.0 cm³/mol. The Labute approximate surface area is 125 Å². The Balaban J connectivity index is 3.35. The van der Waals surface area contributed by atoms with Gasteiger partial charge in [-0.1, -0.05) is 13.8 Å². The Hall–Kier alpha value is -1.92. The van der Waals surface area contributed by atoms with Crippen LogP contribution in [-0.2, 0) is 0 Å². The van der Waals surface area contributed by atoms with Crippen LogP contribution in [-0.4, -0.2) is 34.0 Å². The second kappa shape index (κ2) is 7.75. The lowest BCUT2D eigenvalue weighted by Crippen LogP contribution is -2.33. The highest BCUT2D eigenvalue weighted by Gasteiger charge is 2.27. The summed E-state index contributed by atoms with van der Waals surface area (Å²) in [7, 11) is 0. The zero-order valence-corrected chi connectivity index (χ0v) is 13.5. The maximum atomic E-state index is 11.4. The highest BCUT2D eigenvalue weighted by molar-refractivity contribution is 5.62. The minimum atomic E-state index is -0.390. The van der Waals surface area contributed by atoms with E-state index in [0.29, 0.717) is 17.5 Å². The summed E-state index contributed by atoms with van der Waals surface area (Å²) < 4.78 is 0. The molecule has 0 unspecified atom stereocenters. The van der Waals surface area contributed by atoms with Crippen LogP contribution in [0.2, 0.25) is 0 Å². The number of anilines is 2. The van der Waals surface area contributed by atoms with Gasteiger partial charge >= 0.3 is 5.69 Å². The molecule has 0 radical (unpaired) electrons. The van der Waals surface area contributed by atoms with Crippen LogP contribution in [0.15, 0.2) is 0 Å². The van der Waals surface area contributed by atoms with Gasteiger partial charge in [-0.2, -0.15) is 4.98 Å². The minimum absolute atomic E-state index is 0.000742. The van der Waals surface area contributed by atoms with Crippen LogP contribution in [0.1, 0.15) is 46.2 Å². The number of rotatable bonds is 8. The molecule has 7 nitrogen and oxygen atoms in total. The van der Waals surface area contributed by atoms with E-state index in [0.717, 1.165) is 25.9 Å². The molecule has 1 heterocycles. The normalized spacial score (nSPS) is 10.8. The molecule has 1 aromatic rings. The first-order valence-corrected chi connectivity index (χ1v) is 7.45. The first kappa shape index (κ1) is 17.1. The van der Waals surface area contributed by atoms with Gasteiger partial charge in [0.1, 0.15) is 5.69 Å². The molecule has 21 heavy (non-hydrogen) atoms. The molecule has 0 saturated carbocycles. The monoisotopic (exact) mass is 295 g/mol. The van der Waals surface area contributed by atoms with Gasteiger partial charge in [-0.15, -0.1) is 0 Å². The first-order chi connectivity index (χ1) is 9.92. The minimum Gasteiger partial charge on any atom is -0.354 e. The smallest absolute Gasteiger partial charge is 0.332 e. The van der Waals surface area contributed by atoms with Crippen LogP contribution in [0.5, 0.6) is 0 Å². The van der Waals surface area contributed by atoms with Gasteiger partial charge in [0.2, 0.25) is 11.8 Å². The third-order valence-corrected chi connectivity index (χ3v) is 3.12. The van der Waals surface area contributed by atoms with Crippen LogP contribution in [0.25, 0.3) is 0 Å². The molecule has 0 aliphatic carbocycles. The average molecular weight is 295 g/mol. The van der Waals surface area contributed by atoms with E-state index in [1.807, 2.05) is 32.6 Å². The van der Waals surface area contributed by atoms with Crippen molar-refractivity contribution in [2.24, 2.45) is 0 Å². The Kier molecular flexibility index (Phi) is 6.33. The zero-order valence-electron chi connectivity index (χ0n) is 13.5. The number of hydrogen-bond donors (Lipinski definition) is 1. The Morgan fingerprint density at radius 2 is 1.95 bits per heavy atom. The molecule has 1 N–H and O–H groups in total. The first-order valence-electron chi connectivity index (χ1n) is 7.45. The molecule has 0 aliphatic rings. The summed E-state index contributed by atoms with van der Waals surface area (Å²) in [6.07, 6.45) is 1.84. The third kappa shape index (κ3) is 4.27. The molecule has 0 saturated heterocycles. The Bertz CT molecular complexity index is 490. The largest absolute Gasteiger partial charge is 0.354 e. The van der Waals surface area contributed by atoms with Crippen molar-refractivity contribution in [2.45, 2.75) is 53.5 Å². The van der Waals surface area contributed by atoms with Crippen LogP contribution < -0.4 is 10.2 Å². The molecular formula is C14H25N5O2. The van der Waals surface area contributed by atoms with Crippen molar-refractivity contribution in [3.8, 4) is 0 Å². The van der Waals surface area contributed by atoms with Gasteiger partial charge in [0.15, 0.2) is 0 Å². The van der Waals surface area contributed by atoms with Gasteiger partial charge in [-0.05, 0) is 33.6 Å². The van der Waals surface area contributed by atoms with Crippen molar-refractivity contribution in [2.75, 3.05) is 23.3 Å². The summed E-state index contributed by atoms with van der Waals surface area (Å²) in [5, 5.41) is 14.5. The van der Waals surface area contributed by atoms with E-state index >= 15 is 0 Å². The van der Waals surface area contributed by atoms with Gasteiger partial charge in [0.05, 0.1) is 4.92 Å². The summed E-state index contributed by atoms with van der Waals surface area (Å²) in [5.74, 6) is 0.861. The fraction of sp³-hybridized carbons (Fsp3) is 0.714. The number of nitrogens with one attached hydrogen (secondary N) is 1. The molecule has 118 valence electrons. The maximum Gasteiger partial charge on any atom is 0.332 e. The van der Waals surface area contributed by atoms with Gasteiger partial charge in [0, 0.05) is 19.1 Å². The summed E-state index contributed by atoms with van der Waals surface area (Å²) in [6.45, 7) is 11.2. The zero-order chi connectivity index (χ0) is 16.0. The number of hydrogen-bond acceptors (Lipinski definition) is 6. The van der Waals surface area contributed by atoms with Gasteiger partial charge in [-0.3, -0.25) is 10.1 Å². The fourth-order valence-corrected chi connectivity index (χ4v) is 2.13. The van der Waals surface area contributed by atoms with E-state index in [2.05, 4.69) is 15.3 Å². The molecule has 0 spiro atoms. The number of aromatic nitrogens is 2. The fourth-order valence-electron chi connectivity index (χ4n) is 2.13. The lowest BCUT2D eigenvalue weighted by atomic mass is 10.2. The second-order valence-corrected chi connectivity index (χ2v) is 5.28. The molecule has 0 amide bonds. The quantitative estimate of drug-likeness (QED) is 0.586. The summed E-state index contributed by atoms with van der Waals surface area (Å²) in [5.41, 5.74) is 0.393. The van der Waals surface area contributed by atoms with Gasteiger partial charge in [0.25, 0.3) is 0 Å². The van der Waals surface area contributed by atoms with E-state index in [-0.39, 0.29) is 16.7 Å². The molecule has 0 aliphatic heterocycles. The van der Waals surface area contributed by atoms with E-state index in [4.69, 9.17) is 0 Å². The lowest BCUT2D eigenvalue weighted by Gasteiger charge is -2.27. The van der Waals surface area contributed by atoms with Crippen molar-refractivity contribution in [3.05, 3.63) is 15.8 Å². The van der Waals surface area contributed by atoms with Crippen LogP contribution in [0.3, 0.4) is 0 Å². The van der Waals surface area contributed by atoms with Crippen LogP contribution in [0.4, 0.5) is 17.5 Å². The van der Waals surface area contributed by atoms with E-state index in [9.17, 15) is 10.1 Å². The van der Waals surface area contributed by atoms with Crippen LogP contribution >= 0.6 is 0 Å². The van der Waals surface area contributed by atoms with Gasteiger partial charge in [-0.25, -0.2) is 4.98 Å². The molecule has 0 atom stereocenters. The van der Waals surface area contributed by atoms with E-state index in [1.165, 1.54) is 0 Å². The molecule has 1 rings (SSSR count). The van der Waals surface area contributed by atoms with Crippen molar-refractivity contribution in [1.82, 2.24) is 9.97 Å². The van der Waals surface area contributed by atoms with Crippen LogP contribution in [0, 0.1) is 17.0 Å². The van der Waals surface area contributed by atoms with Crippen molar-refractivity contribution < 1.29 is 4.92 Å². The van der Waals surface area contributed by atoms with Gasteiger partial charge < -0.3 is 10.2 Å². The summed E-state index contributed by atoms with van der Waals surface area (Å²) in [6, 6.07) is 0.136. The molecule has 0 aromatic carbocycles. The topological polar surface area (TPSA) is 84.2 Å². The predicted octanol–water partition coefficient (Wildman–Crippen LogP) is 3.14. The lowest BCUT2D eigenvalue weighted by molar-refractivity contribution is -0.385. The highest BCUT2D eigenvalue weighted by Crippen LogP contribution is 2.31. The standard InChI is InChI=1S/C14H25N5O2/c1-6-8-15-14-16-11(5)12(19(20)21)13(17-14)18(9-7-2)10(3)4/h10H,6-9H2,1-5H3,(H,15,16,17). The molecule has 0 bridgehead atoms. The Morgan fingerprint density at radius 3 is 2.43 bits per heavy atom. The third-order valence-electron chi connectivity index (χ3n) is 3.12. The molecular weight excluding hydrogens is 270 g/mol. The second-order valence-electron chi connectivity index (χ2n) is 5.28. The Morgan fingerprint density at radius 1 is 1.29 bits per heavy atom. The number of nitrogens with zero attached hydrogens (tertiary/aromatic N) is 4. The van der Waals surface area contributed by atoms with Crippen molar-refractivity contribution in [3.63, 3.8) is 0 Å². The van der Waals surface area contributed by atoms with E-state index < -0.39 is 0 Å². The number of aryl methyl sites for hydroxylation is 1. The number of nitro groups is 1. The maximum absolute atomic E-state index is 11.4. The summed E-state index contributed by atoms with van der Waals surface area (Å²) in [4.78, 5) is 21.5. The van der Waals surface area contributed by atoms with Crippen molar-refractivity contribution >= 4 is 17.5 Å². The average Bonchev–Trinajstić information content (AvgIpc) is 2.40. The van der Waals surface area contributed by atoms with Crippen molar-refractivity contribution in [1.29, 1.82) is 0 Å². The highest BCUT2D eigenvalue weighted by atomic mass is 16.6. The SMILES string of the molecule is CCCNc1nc(C)c([N+](=O)[O-])c(N(CCC)C(C)C)n1. The molecule has 0 fully saturated rings. The molecule has 1 aromatic heterocycles. The van der Waals surface area contributed by atoms with E-state index in [1.54, 1.807) is 6.92 Å². The molecule has 7 heteroatoms. The summed E-state index contributed by atoms with van der Waals surface area (Å²) >= 11 is 0.